The molecule has 1 fully saturated rings. The number of anilines is 1. The zero-order chi connectivity index (χ0) is 17.9. The fraction of sp³-hybridized carbons (Fsp3) is 0.438. The topological polar surface area (TPSA) is 119 Å². The Morgan fingerprint density at radius 2 is 2.12 bits per heavy atom. The Labute approximate surface area is 148 Å². The molecule has 2 amide bonds. The van der Waals surface area contributed by atoms with Crippen molar-refractivity contribution in [2.75, 3.05) is 18.5 Å². The Morgan fingerprint density at radius 3 is 2.84 bits per heavy atom. The lowest BCUT2D eigenvalue weighted by Crippen LogP contribution is -2.54. The fourth-order valence-corrected chi connectivity index (χ4v) is 3.15. The van der Waals surface area contributed by atoms with Gasteiger partial charge in [0.15, 0.2) is 10.9 Å². The molecular formula is C16H20N4O4S. The van der Waals surface area contributed by atoms with Crippen LogP contribution in [0.4, 0.5) is 5.13 Å². The zero-order valence-electron chi connectivity index (χ0n) is 13.8. The summed E-state index contributed by atoms with van der Waals surface area (Å²) in [6, 6.07) is 3.56. The van der Waals surface area contributed by atoms with Crippen LogP contribution in [0.1, 0.15) is 25.5 Å². The van der Waals surface area contributed by atoms with Gasteiger partial charge in [0.05, 0.1) is 6.54 Å². The molecule has 0 spiro atoms. The van der Waals surface area contributed by atoms with Crippen LogP contribution in [0, 0.1) is 0 Å². The largest absolute Gasteiger partial charge is 0.458 e. The van der Waals surface area contributed by atoms with Crippen LogP contribution >= 0.6 is 11.3 Å². The lowest BCUT2D eigenvalue weighted by Gasteiger charge is -2.31. The third-order valence-corrected chi connectivity index (χ3v) is 4.75. The van der Waals surface area contributed by atoms with Gasteiger partial charge in [-0.25, -0.2) is 4.98 Å². The van der Waals surface area contributed by atoms with Gasteiger partial charge in [-0.3, -0.25) is 9.59 Å². The number of hydrogen-bond donors (Lipinski definition) is 3. The molecule has 0 aliphatic carbocycles. The Morgan fingerprint density at radius 1 is 1.36 bits per heavy atom. The maximum Gasteiger partial charge on any atom is 0.246 e. The number of hydrogen-bond acceptors (Lipinski definition) is 7. The van der Waals surface area contributed by atoms with Crippen molar-refractivity contribution in [3.8, 4) is 11.5 Å². The molecule has 4 N–H and O–H groups in total. The number of carbonyl (C=O) groups is 2. The van der Waals surface area contributed by atoms with Gasteiger partial charge in [-0.2, -0.15) is 0 Å². The highest BCUT2D eigenvalue weighted by atomic mass is 32.1. The van der Waals surface area contributed by atoms with E-state index in [0.717, 1.165) is 0 Å². The predicted octanol–water partition coefficient (Wildman–Crippen LogP) is 1.49. The number of amides is 2. The van der Waals surface area contributed by atoms with Crippen molar-refractivity contribution >= 4 is 28.3 Å². The van der Waals surface area contributed by atoms with Crippen LogP contribution in [0.25, 0.3) is 11.5 Å². The summed E-state index contributed by atoms with van der Waals surface area (Å²) >= 11 is 1.30. The van der Waals surface area contributed by atoms with E-state index in [1.54, 1.807) is 17.5 Å². The number of thiazole rings is 1. The fourth-order valence-electron chi connectivity index (χ4n) is 2.45. The predicted molar refractivity (Wildman–Crippen MR) is 92.9 cm³/mol. The van der Waals surface area contributed by atoms with Crippen LogP contribution < -0.4 is 16.4 Å². The van der Waals surface area contributed by atoms with E-state index in [2.05, 4.69) is 15.6 Å². The van der Waals surface area contributed by atoms with Gasteiger partial charge in [0, 0.05) is 25.5 Å². The molecular weight excluding hydrogens is 344 g/mol. The van der Waals surface area contributed by atoms with Crippen LogP contribution in [0.5, 0.6) is 0 Å². The van der Waals surface area contributed by atoms with E-state index in [9.17, 15) is 9.59 Å². The van der Waals surface area contributed by atoms with Crippen LogP contribution in [-0.4, -0.2) is 35.6 Å². The molecule has 1 aliphatic rings. The molecule has 0 radical (unpaired) electrons. The highest BCUT2D eigenvalue weighted by Crippen LogP contribution is 2.28. The van der Waals surface area contributed by atoms with E-state index in [0.29, 0.717) is 54.9 Å². The minimum absolute atomic E-state index is 0.125. The van der Waals surface area contributed by atoms with Crippen molar-refractivity contribution in [2.45, 2.75) is 31.8 Å². The minimum atomic E-state index is -0.916. The second-order valence-corrected chi connectivity index (χ2v) is 6.79. The van der Waals surface area contributed by atoms with Crippen molar-refractivity contribution < 1.29 is 18.7 Å². The number of ether oxygens (including phenoxy) is 1. The van der Waals surface area contributed by atoms with Crippen molar-refractivity contribution in [3.05, 3.63) is 23.3 Å². The molecule has 2 aromatic rings. The number of nitrogens with one attached hydrogen (secondary N) is 2. The molecule has 25 heavy (non-hydrogen) atoms. The molecule has 134 valence electrons. The first-order valence-corrected chi connectivity index (χ1v) is 8.81. The quantitative estimate of drug-likeness (QED) is 0.739. The van der Waals surface area contributed by atoms with E-state index in [4.69, 9.17) is 14.9 Å². The molecule has 0 aromatic carbocycles. The number of nitrogens with two attached hydrogens (primary N) is 1. The lowest BCUT2D eigenvalue weighted by molar-refractivity contribution is -0.124. The Bertz CT molecular complexity index is 764. The molecule has 9 heteroatoms. The lowest BCUT2D eigenvalue weighted by atomic mass is 9.90. The average molecular weight is 364 g/mol. The zero-order valence-corrected chi connectivity index (χ0v) is 14.6. The number of furan rings is 1. The monoisotopic (exact) mass is 364 g/mol. The average Bonchev–Trinajstić information content (AvgIpc) is 3.22. The Balaban J connectivity index is 1.64. The number of rotatable bonds is 5. The van der Waals surface area contributed by atoms with Gasteiger partial charge in [0.1, 0.15) is 17.0 Å². The number of nitrogens with zero attached hydrogens (tertiary/aromatic N) is 1. The second-order valence-electron chi connectivity index (χ2n) is 5.94. The van der Waals surface area contributed by atoms with E-state index in [1.807, 2.05) is 0 Å². The molecule has 1 saturated heterocycles. The van der Waals surface area contributed by atoms with Crippen molar-refractivity contribution in [2.24, 2.45) is 5.73 Å². The summed E-state index contributed by atoms with van der Waals surface area (Å²) in [4.78, 5) is 27.7. The van der Waals surface area contributed by atoms with Gasteiger partial charge in [-0.05, 0) is 25.0 Å². The van der Waals surface area contributed by atoms with E-state index in [1.165, 1.54) is 18.3 Å². The Kier molecular flexibility index (Phi) is 5.16. The third-order valence-electron chi connectivity index (χ3n) is 3.99. The first-order chi connectivity index (χ1) is 12.0. The molecule has 0 bridgehead atoms. The standard InChI is InChI=1S/C16H20N4O4S/c1-10(21)18-8-11-2-3-13(24-11)12-9-25-15(19-12)20-14(22)16(17)4-6-23-7-5-16/h2-3,9H,4-8,17H2,1H3,(H,18,21)(H,19,20,22). The molecule has 0 unspecified atom stereocenters. The van der Waals surface area contributed by atoms with Gasteiger partial charge in [0.2, 0.25) is 11.8 Å². The van der Waals surface area contributed by atoms with Gasteiger partial charge < -0.3 is 25.5 Å². The SMILES string of the molecule is CC(=O)NCc1ccc(-c2csc(NC(=O)C3(N)CCOCC3)n2)o1. The molecule has 3 rings (SSSR count). The maximum absolute atomic E-state index is 12.4. The summed E-state index contributed by atoms with van der Waals surface area (Å²) in [6.07, 6.45) is 0.976. The normalized spacial score (nSPS) is 16.4. The highest BCUT2D eigenvalue weighted by molar-refractivity contribution is 7.14. The summed E-state index contributed by atoms with van der Waals surface area (Å²) in [5.74, 6) is 0.834. The summed E-state index contributed by atoms with van der Waals surface area (Å²) in [5, 5.41) is 7.71. The first-order valence-electron chi connectivity index (χ1n) is 7.93. The molecule has 0 saturated carbocycles. The third kappa shape index (κ3) is 4.25. The maximum atomic E-state index is 12.4. The van der Waals surface area contributed by atoms with Crippen molar-refractivity contribution in [1.29, 1.82) is 0 Å². The summed E-state index contributed by atoms with van der Waals surface area (Å²) in [5.41, 5.74) is 5.86. The smallest absolute Gasteiger partial charge is 0.246 e. The molecule has 8 nitrogen and oxygen atoms in total. The van der Waals surface area contributed by atoms with Crippen LogP contribution in [0.3, 0.4) is 0 Å². The molecule has 0 atom stereocenters. The number of aromatic nitrogens is 1. The van der Waals surface area contributed by atoms with Crippen LogP contribution in [-0.2, 0) is 20.9 Å². The van der Waals surface area contributed by atoms with Crippen LogP contribution in [0.15, 0.2) is 21.9 Å². The first kappa shape index (κ1) is 17.6. The summed E-state index contributed by atoms with van der Waals surface area (Å²) < 4.78 is 10.9. The minimum Gasteiger partial charge on any atom is -0.458 e. The van der Waals surface area contributed by atoms with Crippen molar-refractivity contribution in [3.63, 3.8) is 0 Å². The van der Waals surface area contributed by atoms with Crippen LogP contribution in [0.2, 0.25) is 0 Å². The molecule has 3 heterocycles. The van der Waals surface area contributed by atoms with Crippen molar-refractivity contribution in [1.82, 2.24) is 10.3 Å². The highest BCUT2D eigenvalue weighted by Gasteiger charge is 2.36. The van der Waals surface area contributed by atoms with Gasteiger partial charge in [0.25, 0.3) is 0 Å². The Hall–Kier alpha value is -2.23. The number of carbonyl (C=O) groups excluding carboxylic acids is 2. The van der Waals surface area contributed by atoms with Gasteiger partial charge in [-0.15, -0.1) is 11.3 Å². The second kappa shape index (κ2) is 7.34. The van der Waals surface area contributed by atoms with Gasteiger partial charge >= 0.3 is 0 Å². The van der Waals surface area contributed by atoms with Gasteiger partial charge in [-0.1, -0.05) is 0 Å². The summed E-state index contributed by atoms with van der Waals surface area (Å²) in [6.45, 7) is 2.73. The summed E-state index contributed by atoms with van der Waals surface area (Å²) in [7, 11) is 0. The van der Waals surface area contributed by atoms with E-state index >= 15 is 0 Å². The molecule has 1 aliphatic heterocycles. The van der Waals surface area contributed by atoms with E-state index in [-0.39, 0.29) is 11.8 Å². The molecule has 2 aromatic heterocycles. The van der Waals surface area contributed by atoms with E-state index < -0.39 is 5.54 Å².